The molecule has 2 heterocycles. The van der Waals surface area contributed by atoms with E-state index in [9.17, 15) is 0 Å². The van der Waals surface area contributed by atoms with Crippen LogP contribution in [0.1, 0.15) is 62.8 Å². The van der Waals surface area contributed by atoms with Gasteiger partial charge in [0.1, 0.15) is 17.5 Å². The van der Waals surface area contributed by atoms with E-state index in [2.05, 4.69) is 24.1 Å². The summed E-state index contributed by atoms with van der Waals surface area (Å²) >= 11 is 0. The number of nitrogens with one attached hydrogen (secondary N) is 1. The number of hydrogen-bond donors (Lipinski definition) is 1. The average molecular weight is 274 g/mol. The van der Waals surface area contributed by atoms with Gasteiger partial charge in [-0.3, -0.25) is 0 Å². The van der Waals surface area contributed by atoms with E-state index in [0.29, 0.717) is 5.92 Å². The third kappa shape index (κ3) is 2.89. The molecule has 1 aliphatic heterocycles. The minimum atomic E-state index is 0.610. The standard InChI is InChI=1S/C16H26N4/c1-3-17-14-12(2)16(19-15(18-14)13-8-9-13)20-10-6-4-5-7-11-20/h13H,3-11H2,1-2H3,(H,17,18,19). The van der Waals surface area contributed by atoms with Crippen molar-refractivity contribution in [2.45, 2.75) is 58.3 Å². The molecule has 20 heavy (non-hydrogen) atoms. The Morgan fingerprint density at radius 1 is 1.10 bits per heavy atom. The van der Waals surface area contributed by atoms with Crippen LogP contribution in [0.4, 0.5) is 11.6 Å². The lowest BCUT2D eigenvalue weighted by Gasteiger charge is -2.25. The van der Waals surface area contributed by atoms with Gasteiger partial charge in [-0.05, 0) is 39.5 Å². The molecule has 1 aliphatic carbocycles. The van der Waals surface area contributed by atoms with E-state index in [-0.39, 0.29) is 0 Å². The number of rotatable bonds is 4. The van der Waals surface area contributed by atoms with Gasteiger partial charge in [-0.2, -0.15) is 0 Å². The Bertz CT molecular complexity index is 460. The molecule has 1 saturated heterocycles. The zero-order chi connectivity index (χ0) is 13.9. The fraction of sp³-hybridized carbons (Fsp3) is 0.750. The summed E-state index contributed by atoms with van der Waals surface area (Å²) in [6.07, 6.45) is 7.81. The molecule has 1 N–H and O–H groups in total. The smallest absolute Gasteiger partial charge is 0.137 e. The monoisotopic (exact) mass is 274 g/mol. The van der Waals surface area contributed by atoms with Gasteiger partial charge in [0.05, 0.1) is 0 Å². The van der Waals surface area contributed by atoms with Crippen molar-refractivity contribution in [2.75, 3.05) is 29.9 Å². The lowest BCUT2D eigenvalue weighted by atomic mass is 10.2. The van der Waals surface area contributed by atoms with Gasteiger partial charge in [0.25, 0.3) is 0 Å². The molecular weight excluding hydrogens is 248 g/mol. The molecule has 0 spiro atoms. The van der Waals surface area contributed by atoms with Crippen molar-refractivity contribution in [3.63, 3.8) is 0 Å². The largest absolute Gasteiger partial charge is 0.370 e. The fourth-order valence-corrected chi connectivity index (χ4v) is 2.98. The molecule has 4 heteroatoms. The normalized spacial score (nSPS) is 19.8. The topological polar surface area (TPSA) is 41.1 Å². The van der Waals surface area contributed by atoms with Crippen molar-refractivity contribution < 1.29 is 0 Å². The minimum Gasteiger partial charge on any atom is -0.370 e. The van der Waals surface area contributed by atoms with E-state index < -0.39 is 0 Å². The predicted octanol–water partition coefficient (Wildman–Crippen LogP) is 3.47. The van der Waals surface area contributed by atoms with Gasteiger partial charge in [0.15, 0.2) is 0 Å². The molecule has 0 aromatic carbocycles. The quantitative estimate of drug-likeness (QED) is 0.912. The predicted molar refractivity (Wildman–Crippen MR) is 83.6 cm³/mol. The van der Waals surface area contributed by atoms with Crippen LogP contribution in [0.5, 0.6) is 0 Å². The highest BCUT2D eigenvalue weighted by Crippen LogP contribution is 2.40. The zero-order valence-corrected chi connectivity index (χ0v) is 12.8. The molecule has 1 aromatic rings. The maximum Gasteiger partial charge on any atom is 0.137 e. The molecule has 2 aliphatic rings. The number of aromatic nitrogens is 2. The molecule has 0 unspecified atom stereocenters. The van der Waals surface area contributed by atoms with Gasteiger partial charge in [0.2, 0.25) is 0 Å². The molecule has 2 fully saturated rings. The van der Waals surface area contributed by atoms with Crippen molar-refractivity contribution >= 4 is 11.6 Å². The van der Waals surface area contributed by atoms with Crippen molar-refractivity contribution in [2.24, 2.45) is 0 Å². The van der Waals surface area contributed by atoms with E-state index in [1.807, 2.05) is 0 Å². The summed E-state index contributed by atoms with van der Waals surface area (Å²) in [4.78, 5) is 12.2. The summed E-state index contributed by atoms with van der Waals surface area (Å²) in [6, 6.07) is 0. The lowest BCUT2D eigenvalue weighted by Crippen LogP contribution is -2.27. The first kappa shape index (κ1) is 13.7. The van der Waals surface area contributed by atoms with Gasteiger partial charge in [-0.25, -0.2) is 9.97 Å². The van der Waals surface area contributed by atoms with Crippen LogP contribution in [-0.2, 0) is 0 Å². The second-order valence-corrected chi connectivity index (χ2v) is 6.08. The number of nitrogens with zero attached hydrogens (tertiary/aromatic N) is 3. The van der Waals surface area contributed by atoms with Crippen LogP contribution >= 0.6 is 0 Å². The summed E-state index contributed by atoms with van der Waals surface area (Å²) in [5.74, 6) is 3.90. The van der Waals surface area contributed by atoms with Crippen LogP contribution in [0.2, 0.25) is 0 Å². The van der Waals surface area contributed by atoms with E-state index in [4.69, 9.17) is 9.97 Å². The summed E-state index contributed by atoms with van der Waals surface area (Å²) in [6.45, 7) is 7.50. The van der Waals surface area contributed by atoms with Gasteiger partial charge >= 0.3 is 0 Å². The van der Waals surface area contributed by atoms with Crippen LogP contribution in [0, 0.1) is 6.92 Å². The minimum absolute atomic E-state index is 0.610. The zero-order valence-electron chi connectivity index (χ0n) is 12.8. The van der Waals surface area contributed by atoms with Gasteiger partial charge < -0.3 is 10.2 Å². The molecular formula is C16H26N4. The summed E-state index contributed by atoms with van der Waals surface area (Å²) < 4.78 is 0. The fourth-order valence-electron chi connectivity index (χ4n) is 2.98. The molecule has 0 bridgehead atoms. The van der Waals surface area contributed by atoms with Crippen LogP contribution < -0.4 is 10.2 Å². The SMILES string of the molecule is CCNc1nc(C2CC2)nc(N2CCCCCC2)c1C. The van der Waals surface area contributed by atoms with Gasteiger partial charge in [-0.15, -0.1) is 0 Å². The molecule has 1 saturated carbocycles. The van der Waals surface area contributed by atoms with Crippen LogP contribution in [-0.4, -0.2) is 29.6 Å². The highest BCUT2D eigenvalue weighted by molar-refractivity contribution is 5.59. The number of hydrogen-bond acceptors (Lipinski definition) is 4. The van der Waals surface area contributed by atoms with Crippen LogP contribution in [0.15, 0.2) is 0 Å². The Morgan fingerprint density at radius 2 is 1.80 bits per heavy atom. The Morgan fingerprint density at radius 3 is 2.40 bits per heavy atom. The van der Waals surface area contributed by atoms with Crippen molar-refractivity contribution in [1.82, 2.24) is 9.97 Å². The third-order valence-electron chi connectivity index (χ3n) is 4.33. The van der Waals surface area contributed by atoms with E-state index in [1.54, 1.807) is 0 Å². The second kappa shape index (κ2) is 5.98. The molecule has 0 atom stereocenters. The van der Waals surface area contributed by atoms with Gasteiger partial charge in [-0.1, -0.05) is 12.8 Å². The molecule has 1 aromatic heterocycles. The first-order valence-electron chi connectivity index (χ1n) is 8.17. The molecule has 110 valence electrons. The van der Waals surface area contributed by atoms with Crippen molar-refractivity contribution in [1.29, 1.82) is 0 Å². The third-order valence-corrected chi connectivity index (χ3v) is 4.33. The molecule has 4 nitrogen and oxygen atoms in total. The summed E-state index contributed by atoms with van der Waals surface area (Å²) in [7, 11) is 0. The van der Waals surface area contributed by atoms with Crippen LogP contribution in [0.25, 0.3) is 0 Å². The maximum absolute atomic E-state index is 4.92. The first-order chi connectivity index (χ1) is 9.79. The Kier molecular flexibility index (Phi) is 4.08. The lowest BCUT2D eigenvalue weighted by molar-refractivity contribution is 0.726. The summed E-state index contributed by atoms with van der Waals surface area (Å²) in [5, 5.41) is 3.42. The van der Waals surface area contributed by atoms with E-state index in [1.165, 1.54) is 49.9 Å². The highest BCUT2D eigenvalue weighted by Gasteiger charge is 2.29. The maximum atomic E-state index is 4.92. The Balaban J connectivity index is 1.93. The summed E-state index contributed by atoms with van der Waals surface area (Å²) in [5.41, 5.74) is 1.22. The highest BCUT2D eigenvalue weighted by atomic mass is 15.2. The molecule has 0 radical (unpaired) electrons. The van der Waals surface area contributed by atoms with E-state index >= 15 is 0 Å². The van der Waals surface area contributed by atoms with E-state index in [0.717, 1.165) is 31.3 Å². The first-order valence-corrected chi connectivity index (χ1v) is 8.17. The van der Waals surface area contributed by atoms with Crippen molar-refractivity contribution in [3.8, 4) is 0 Å². The number of anilines is 2. The Hall–Kier alpha value is -1.32. The molecule has 0 amide bonds. The van der Waals surface area contributed by atoms with Crippen LogP contribution in [0.3, 0.4) is 0 Å². The average Bonchev–Trinajstić information content (AvgIpc) is 3.28. The van der Waals surface area contributed by atoms with Gasteiger partial charge in [0, 0.05) is 31.1 Å². The van der Waals surface area contributed by atoms with Crippen molar-refractivity contribution in [3.05, 3.63) is 11.4 Å². The second-order valence-electron chi connectivity index (χ2n) is 6.08. The Labute approximate surface area is 122 Å². The molecule has 3 rings (SSSR count).